The van der Waals surface area contributed by atoms with Gasteiger partial charge in [0.25, 0.3) is 0 Å². The minimum atomic E-state index is -3.46. The fraction of sp³-hybridized carbons (Fsp3) is 0.333. The molecule has 0 N–H and O–H groups in total. The van der Waals surface area contributed by atoms with E-state index in [9.17, 15) is 8.42 Å². The number of hydrogen-bond acceptors (Lipinski definition) is 6. The monoisotopic (exact) mass is 388 g/mol. The molecule has 1 saturated heterocycles. The molecule has 9 heteroatoms. The molecular weight excluding hydrogens is 376 g/mol. The summed E-state index contributed by atoms with van der Waals surface area (Å²) in [4.78, 5) is 2.36. The van der Waals surface area contributed by atoms with Crippen LogP contribution < -0.4 is 4.90 Å². The zero-order chi connectivity index (χ0) is 14.9. The van der Waals surface area contributed by atoms with Crippen molar-refractivity contribution in [2.45, 2.75) is 4.90 Å². The number of nitrogens with zero attached hydrogens (tertiary/aromatic N) is 4. The normalized spacial score (nSPS) is 17.1. The van der Waals surface area contributed by atoms with Crippen LogP contribution in [-0.4, -0.2) is 47.6 Å². The van der Waals surface area contributed by atoms with Crippen molar-refractivity contribution >= 4 is 43.5 Å². The van der Waals surface area contributed by atoms with Crippen LogP contribution in [-0.2, 0) is 10.0 Å². The van der Waals surface area contributed by atoms with Crippen LogP contribution in [0.5, 0.6) is 0 Å². The number of halogens is 1. The molecule has 112 valence electrons. The van der Waals surface area contributed by atoms with Crippen molar-refractivity contribution in [2.24, 2.45) is 0 Å². The lowest BCUT2D eigenvalue weighted by molar-refractivity contribution is 0.384. The molecule has 0 spiro atoms. The molecule has 1 aliphatic heterocycles. The molecule has 1 aliphatic rings. The van der Waals surface area contributed by atoms with Gasteiger partial charge in [-0.05, 0) is 28.1 Å². The Morgan fingerprint density at radius 2 is 1.86 bits per heavy atom. The van der Waals surface area contributed by atoms with Crippen molar-refractivity contribution in [1.82, 2.24) is 13.1 Å². The molecule has 0 bridgehead atoms. The van der Waals surface area contributed by atoms with Gasteiger partial charge in [-0.15, -0.1) is 0 Å². The second kappa shape index (κ2) is 5.99. The third-order valence-corrected chi connectivity index (χ3v) is 6.75. The number of piperazine rings is 1. The van der Waals surface area contributed by atoms with Gasteiger partial charge < -0.3 is 4.90 Å². The molecule has 21 heavy (non-hydrogen) atoms. The number of aromatic nitrogens is 2. The number of benzene rings is 1. The summed E-state index contributed by atoms with van der Waals surface area (Å²) >= 11 is 4.47. The summed E-state index contributed by atoms with van der Waals surface area (Å²) in [6.45, 7) is 2.13. The van der Waals surface area contributed by atoms with Gasteiger partial charge in [0, 0.05) is 30.7 Å². The Kier molecular flexibility index (Phi) is 4.25. The SMILES string of the molecule is O=S(=O)(c1ccccc1Br)N1CCN(c2cnsn2)CC1. The topological polar surface area (TPSA) is 66.4 Å². The maximum atomic E-state index is 12.7. The second-order valence-electron chi connectivity index (χ2n) is 4.59. The standard InChI is InChI=1S/C12H13BrN4O2S2/c13-10-3-1-2-4-11(10)21(18,19)17-7-5-16(6-8-17)12-9-14-20-15-12/h1-4,9H,5-8H2. The molecule has 2 heterocycles. The third kappa shape index (κ3) is 2.96. The van der Waals surface area contributed by atoms with Crippen molar-refractivity contribution in [1.29, 1.82) is 0 Å². The van der Waals surface area contributed by atoms with Crippen LogP contribution in [0.2, 0.25) is 0 Å². The molecule has 0 radical (unpaired) electrons. The number of rotatable bonds is 3. The Hall–Kier alpha value is -1.03. The lowest BCUT2D eigenvalue weighted by Gasteiger charge is -2.33. The van der Waals surface area contributed by atoms with Gasteiger partial charge in [0.2, 0.25) is 10.0 Å². The van der Waals surface area contributed by atoms with Gasteiger partial charge in [-0.3, -0.25) is 0 Å². The first kappa shape index (κ1) is 14.9. The van der Waals surface area contributed by atoms with Crippen LogP contribution in [0.15, 0.2) is 39.8 Å². The Labute approximate surface area is 135 Å². The Balaban J connectivity index is 1.76. The summed E-state index contributed by atoms with van der Waals surface area (Å²) in [5, 5.41) is 0. The maximum Gasteiger partial charge on any atom is 0.244 e. The van der Waals surface area contributed by atoms with E-state index in [0.717, 1.165) is 17.5 Å². The summed E-state index contributed by atoms with van der Waals surface area (Å²) in [5.41, 5.74) is 0. The van der Waals surface area contributed by atoms with Crippen LogP contribution in [0, 0.1) is 0 Å². The summed E-state index contributed by atoms with van der Waals surface area (Å²) < 4.78 is 35.6. The molecule has 0 amide bonds. The average molecular weight is 389 g/mol. The Morgan fingerprint density at radius 3 is 2.48 bits per heavy atom. The van der Waals surface area contributed by atoms with Crippen LogP contribution >= 0.6 is 27.7 Å². The minimum absolute atomic E-state index is 0.314. The zero-order valence-corrected chi connectivity index (χ0v) is 14.2. The highest BCUT2D eigenvalue weighted by Crippen LogP contribution is 2.26. The molecule has 0 unspecified atom stereocenters. The van der Waals surface area contributed by atoms with Gasteiger partial charge in [0.05, 0.1) is 22.8 Å². The van der Waals surface area contributed by atoms with E-state index >= 15 is 0 Å². The van der Waals surface area contributed by atoms with E-state index in [1.54, 1.807) is 30.5 Å². The van der Waals surface area contributed by atoms with Gasteiger partial charge in [0.1, 0.15) is 0 Å². The van der Waals surface area contributed by atoms with Gasteiger partial charge >= 0.3 is 0 Å². The number of sulfonamides is 1. The van der Waals surface area contributed by atoms with Crippen molar-refractivity contribution in [3.05, 3.63) is 34.9 Å². The first-order chi connectivity index (χ1) is 10.1. The summed E-state index contributed by atoms with van der Waals surface area (Å²) in [5.74, 6) is 0.818. The second-order valence-corrected chi connectivity index (χ2v) is 7.90. The molecule has 0 saturated carbocycles. The Morgan fingerprint density at radius 1 is 1.14 bits per heavy atom. The molecule has 1 aromatic carbocycles. The molecule has 2 aromatic rings. The molecule has 6 nitrogen and oxygen atoms in total. The molecule has 1 aromatic heterocycles. The largest absolute Gasteiger partial charge is 0.352 e. The van der Waals surface area contributed by atoms with Gasteiger partial charge in [-0.2, -0.15) is 13.1 Å². The van der Waals surface area contributed by atoms with Crippen molar-refractivity contribution < 1.29 is 8.42 Å². The Bertz CT molecular complexity index is 713. The van der Waals surface area contributed by atoms with E-state index in [-0.39, 0.29) is 0 Å². The number of hydrogen-bond donors (Lipinski definition) is 0. The van der Waals surface area contributed by atoms with E-state index in [4.69, 9.17) is 0 Å². The molecule has 3 rings (SSSR count). The first-order valence-electron chi connectivity index (χ1n) is 6.36. The average Bonchev–Trinajstić information content (AvgIpc) is 3.02. The highest BCUT2D eigenvalue weighted by atomic mass is 79.9. The van der Waals surface area contributed by atoms with E-state index in [2.05, 4.69) is 29.6 Å². The van der Waals surface area contributed by atoms with Crippen LogP contribution in [0.3, 0.4) is 0 Å². The van der Waals surface area contributed by atoms with Crippen LogP contribution in [0.25, 0.3) is 0 Å². The molecule has 1 fully saturated rings. The van der Waals surface area contributed by atoms with Crippen molar-refractivity contribution in [2.75, 3.05) is 31.1 Å². The lowest BCUT2D eigenvalue weighted by Crippen LogP contribution is -2.48. The van der Waals surface area contributed by atoms with E-state index in [1.165, 1.54) is 4.31 Å². The predicted molar refractivity (Wildman–Crippen MR) is 85.0 cm³/mol. The first-order valence-corrected chi connectivity index (χ1v) is 9.32. The number of anilines is 1. The lowest BCUT2D eigenvalue weighted by atomic mass is 10.4. The van der Waals surface area contributed by atoms with E-state index in [0.29, 0.717) is 35.5 Å². The smallest absolute Gasteiger partial charge is 0.244 e. The van der Waals surface area contributed by atoms with Crippen LogP contribution in [0.4, 0.5) is 5.82 Å². The van der Waals surface area contributed by atoms with Crippen molar-refractivity contribution in [3.8, 4) is 0 Å². The molecule has 0 atom stereocenters. The predicted octanol–water partition coefficient (Wildman–Crippen LogP) is 1.81. The highest BCUT2D eigenvalue weighted by Gasteiger charge is 2.30. The van der Waals surface area contributed by atoms with E-state index in [1.807, 2.05) is 0 Å². The minimum Gasteiger partial charge on any atom is -0.352 e. The van der Waals surface area contributed by atoms with Gasteiger partial charge in [0.15, 0.2) is 5.82 Å². The fourth-order valence-electron chi connectivity index (χ4n) is 2.25. The zero-order valence-electron chi connectivity index (χ0n) is 11.0. The molecule has 0 aliphatic carbocycles. The van der Waals surface area contributed by atoms with E-state index < -0.39 is 10.0 Å². The third-order valence-electron chi connectivity index (χ3n) is 3.37. The summed E-state index contributed by atoms with van der Waals surface area (Å²) in [6, 6.07) is 6.89. The van der Waals surface area contributed by atoms with Gasteiger partial charge in [-0.25, -0.2) is 8.42 Å². The highest BCUT2D eigenvalue weighted by molar-refractivity contribution is 9.10. The fourth-order valence-corrected chi connectivity index (χ4v) is 5.07. The van der Waals surface area contributed by atoms with Gasteiger partial charge in [-0.1, -0.05) is 12.1 Å². The summed E-state index contributed by atoms with van der Waals surface area (Å²) in [7, 11) is -3.46. The quantitative estimate of drug-likeness (QED) is 0.801. The van der Waals surface area contributed by atoms with Crippen LogP contribution in [0.1, 0.15) is 0 Å². The molecular formula is C12H13BrN4O2S2. The summed E-state index contributed by atoms with van der Waals surface area (Å²) in [6.07, 6.45) is 1.71. The van der Waals surface area contributed by atoms with Crippen molar-refractivity contribution in [3.63, 3.8) is 0 Å². The maximum absolute atomic E-state index is 12.7.